The van der Waals surface area contributed by atoms with E-state index in [4.69, 9.17) is 13.6 Å². The number of ether oxygens (including phenoxy) is 1. The molecule has 9 heteroatoms. The van der Waals surface area contributed by atoms with Crippen LogP contribution in [0.1, 0.15) is 37.3 Å². The molecule has 1 atom stereocenters. The minimum absolute atomic E-state index is 0.163. The Morgan fingerprint density at radius 1 is 1.17 bits per heavy atom. The van der Waals surface area contributed by atoms with Gasteiger partial charge in [-0.05, 0) is 44.0 Å². The Morgan fingerprint density at radius 3 is 2.80 bits per heavy atom. The van der Waals surface area contributed by atoms with Crippen molar-refractivity contribution in [2.75, 3.05) is 12.4 Å². The molecule has 35 heavy (non-hydrogen) atoms. The molecule has 2 aromatic carbocycles. The van der Waals surface area contributed by atoms with Gasteiger partial charge in [-0.1, -0.05) is 30.0 Å². The average molecular weight is 489 g/mol. The first-order valence-corrected chi connectivity index (χ1v) is 12.4. The van der Waals surface area contributed by atoms with Crippen molar-refractivity contribution < 1.29 is 18.4 Å². The molecule has 3 aromatic heterocycles. The normalized spacial score (nSPS) is 14.5. The van der Waals surface area contributed by atoms with Gasteiger partial charge in [-0.25, -0.2) is 0 Å². The van der Waals surface area contributed by atoms with Gasteiger partial charge in [-0.2, -0.15) is 0 Å². The highest BCUT2D eigenvalue weighted by Crippen LogP contribution is 2.41. The van der Waals surface area contributed by atoms with Crippen molar-refractivity contribution in [2.24, 2.45) is 0 Å². The van der Waals surface area contributed by atoms with E-state index in [-0.39, 0.29) is 5.91 Å². The molecule has 6 rings (SSSR count). The van der Waals surface area contributed by atoms with E-state index in [2.05, 4.69) is 20.1 Å². The fourth-order valence-electron chi connectivity index (χ4n) is 4.20. The van der Waals surface area contributed by atoms with Gasteiger partial charge in [0.2, 0.25) is 5.91 Å². The fraction of sp³-hybridized carbons (Fsp3) is 0.269. The van der Waals surface area contributed by atoms with E-state index in [1.807, 2.05) is 55.5 Å². The van der Waals surface area contributed by atoms with Crippen molar-refractivity contribution >= 4 is 45.3 Å². The highest BCUT2D eigenvalue weighted by Gasteiger charge is 2.31. The molecule has 1 saturated carbocycles. The van der Waals surface area contributed by atoms with Crippen LogP contribution in [0.15, 0.2) is 68.8 Å². The summed E-state index contributed by atoms with van der Waals surface area (Å²) in [6.07, 6.45) is 3.88. The highest BCUT2D eigenvalue weighted by atomic mass is 32.2. The zero-order valence-electron chi connectivity index (χ0n) is 19.4. The molecule has 0 spiro atoms. The van der Waals surface area contributed by atoms with Gasteiger partial charge in [0, 0.05) is 22.8 Å². The monoisotopic (exact) mass is 488 g/mol. The van der Waals surface area contributed by atoms with E-state index in [1.165, 1.54) is 11.8 Å². The lowest BCUT2D eigenvalue weighted by Crippen LogP contribution is -2.23. The predicted molar refractivity (Wildman–Crippen MR) is 134 cm³/mol. The summed E-state index contributed by atoms with van der Waals surface area (Å²) in [6, 6.07) is 15.3. The number of rotatable bonds is 8. The molecule has 0 aliphatic heterocycles. The van der Waals surface area contributed by atoms with Crippen LogP contribution in [0.25, 0.3) is 21.9 Å². The first-order valence-electron chi connectivity index (χ1n) is 11.5. The molecule has 5 aromatic rings. The van der Waals surface area contributed by atoms with Gasteiger partial charge < -0.3 is 18.9 Å². The number of fused-ring (bicyclic) bond motifs is 3. The number of carbonyl (C=O) groups is 1. The summed E-state index contributed by atoms with van der Waals surface area (Å²) in [6.45, 7) is 2.40. The first kappa shape index (κ1) is 21.8. The number of para-hydroxylation sites is 1. The molecule has 1 aliphatic carbocycles. The van der Waals surface area contributed by atoms with Crippen LogP contribution in [0.5, 0.6) is 5.75 Å². The third-order valence-corrected chi connectivity index (χ3v) is 7.27. The summed E-state index contributed by atoms with van der Waals surface area (Å²) in [5.41, 5.74) is 2.04. The Labute approximate surface area is 205 Å². The number of amides is 1. The van der Waals surface area contributed by atoms with Crippen LogP contribution in [0, 0.1) is 0 Å². The topological polar surface area (TPSA) is 95.3 Å². The van der Waals surface area contributed by atoms with Crippen LogP contribution in [0.4, 0.5) is 5.69 Å². The lowest BCUT2D eigenvalue weighted by molar-refractivity contribution is -0.115. The Bertz CT molecular complexity index is 1520. The van der Waals surface area contributed by atoms with Gasteiger partial charge in [0.05, 0.1) is 30.9 Å². The second kappa shape index (κ2) is 8.81. The standard InChI is InChI=1S/C26H24N4O4S/c1-15(35-26-29-28-24(16-9-10-16)30(26)14-17-6-5-11-33-17)25(31)27-20-13-22-19(12-23(20)32-2)18-7-3-4-8-21(18)34-22/h3-8,11-13,15-16H,9-10,14H2,1-2H3,(H,27,31)/t15-/m0/s1. The Morgan fingerprint density at radius 2 is 2.03 bits per heavy atom. The molecule has 1 N–H and O–H groups in total. The van der Waals surface area contributed by atoms with E-state index in [9.17, 15) is 4.79 Å². The van der Waals surface area contributed by atoms with Gasteiger partial charge in [0.25, 0.3) is 0 Å². The number of hydrogen-bond acceptors (Lipinski definition) is 7. The zero-order valence-corrected chi connectivity index (χ0v) is 20.2. The van der Waals surface area contributed by atoms with Crippen molar-refractivity contribution in [2.45, 2.75) is 42.6 Å². The summed E-state index contributed by atoms with van der Waals surface area (Å²) in [5.74, 6) is 2.62. The smallest absolute Gasteiger partial charge is 0.237 e. The second-order valence-corrected chi connectivity index (χ2v) is 9.98. The van der Waals surface area contributed by atoms with Crippen LogP contribution in [-0.4, -0.2) is 33.0 Å². The Kier molecular flexibility index (Phi) is 5.49. The van der Waals surface area contributed by atoms with Gasteiger partial charge >= 0.3 is 0 Å². The molecular weight excluding hydrogens is 464 g/mol. The van der Waals surface area contributed by atoms with E-state index in [0.717, 1.165) is 40.8 Å². The maximum absolute atomic E-state index is 13.2. The number of thioether (sulfide) groups is 1. The van der Waals surface area contributed by atoms with E-state index < -0.39 is 5.25 Å². The van der Waals surface area contributed by atoms with E-state index >= 15 is 0 Å². The minimum atomic E-state index is -0.419. The zero-order chi connectivity index (χ0) is 23.9. The molecule has 178 valence electrons. The number of hydrogen-bond donors (Lipinski definition) is 1. The summed E-state index contributed by atoms with van der Waals surface area (Å²) < 4.78 is 19.2. The minimum Gasteiger partial charge on any atom is -0.495 e. The number of nitrogens with one attached hydrogen (secondary N) is 1. The average Bonchev–Trinajstić information content (AvgIpc) is 3.26. The van der Waals surface area contributed by atoms with Crippen molar-refractivity contribution in [3.8, 4) is 5.75 Å². The lowest BCUT2D eigenvalue weighted by atomic mass is 10.1. The molecule has 1 amide bonds. The van der Waals surface area contributed by atoms with E-state index in [1.54, 1.807) is 13.4 Å². The number of furan rings is 2. The third-order valence-electron chi connectivity index (χ3n) is 6.19. The van der Waals surface area contributed by atoms with Crippen molar-refractivity contribution in [1.82, 2.24) is 14.8 Å². The Balaban J connectivity index is 1.24. The van der Waals surface area contributed by atoms with Crippen molar-refractivity contribution in [3.63, 3.8) is 0 Å². The second-order valence-electron chi connectivity index (χ2n) is 8.68. The predicted octanol–water partition coefficient (Wildman–Crippen LogP) is 5.82. The van der Waals surface area contributed by atoms with E-state index in [0.29, 0.717) is 34.6 Å². The molecule has 0 saturated heterocycles. The van der Waals surface area contributed by atoms with Crippen molar-refractivity contribution in [1.29, 1.82) is 0 Å². The quantitative estimate of drug-likeness (QED) is 0.275. The first-order chi connectivity index (χ1) is 17.1. The summed E-state index contributed by atoms with van der Waals surface area (Å²) in [5, 5.41) is 14.1. The summed E-state index contributed by atoms with van der Waals surface area (Å²) in [7, 11) is 1.59. The lowest BCUT2D eigenvalue weighted by Gasteiger charge is -2.15. The maximum atomic E-state index is 13.2. The van der Waals surface area contributed by atoms with Gasteiger partial charge in [-0.3, -0.25) is 9.36 Å². The fourth-order valence-corrected chi connectivity index (χ4v) is 5.06. The molecule has 8 nitrogen and oxygen atoms in total. The van der Waals surface area contributed by atoms with Gasteiger partial charge in [-0.15, -0.1) is 10.2 Å². The SMILES string of the molecule is COc1cc2c(cc1NC(=O)[C@H](C)Sc1nnc(C3CC3)n1Cc1ccco1)oc1ccccc12. The van der Waals surface area contributed by atoms with Crippen LogP contribution < -0.4 is 10.1 Å². The number of nitrogens with zero attached hydrogens (tertiary/aromatic N) is 3. The molecule has 0 radical (unpaired) electrons. The maximum Gasteiger partial charge on any atom is 0.237 e. The molecule has 1 fully saturated rings. The van der Waals surface area contributed by atoms with Crippen LogP contribution in [0.2, 0.25) is 0 Å². The molecular formula is C26H24N4O4S. The summed E-state index contributed by atoms with van der Waals surface area (Å²) in [4.78, 5) is 13.2. The number of methoxy groups -OCH3 is 1. The highest BCUT2D eigenvalue weighted by molar-refractivity contribution is 8.00. The molecule has 3 heterocycles. The largest absolute Gasteiger partial charge is 0.495 e. The third kappa shape index (κ3) is 4.16. The van der Waals surface area contributed by atoms with Crippen LogP contribution >= 0.6 is 11.8 Å². The summed E-state index contributed by atoms with van der Waals surface area (Å²) >= 11 is 1.38. The van der Waals surface area contributed by atoms with Gasteiger partial charge in [0.15, 0.2) is 5.16 Å². The number of benzene rings is 2. The van der Waals surface area contributed by atoms with Crippen LogP contribution in [-0.2, 0) is 11.3 Å². The molecule has 0 unspecified atom stereocenters. The molecule has 1 aliphatic rings. The Hall–Kier alpha value is -3.72. The number of anilines is 1. The molecule has 0 bridgehead atoms. The van der Waals surface area contributed by atoms with Gasteiger partial charge in [0.1, 0.15) is 28.5 Å². The number of aromatic nitrogens is 3. The number of carbonyl (C=O) groups excluding carboxylic acids is 1. The van der Waals surface area contributed by atoms with Crippen LogP contribution in [0.3, 0.4) is 0 Å². The van der Waals surface area contributed by atoms with Crippen molar-refractivity contribution in [3.05, 3.63) is 66.4 Å².